The first-order chi connectivity index (χ1) is 6.24. The molecule has 0 radical (unpaired) electrons. The number of hydrogen-bond acceptors (Lipinski definition) is 1. The molecular weight excluding hydrogens is 244 g/mol. The highest BCUT2D eigenvalue weighted by Gasteiger charge is 1.97. The van der Waals surface area contributed by atoms with E-state index in [2.05, 4.69) is 41.6 Å². The van der Waals surface area contributed by atoms with Gasteiger partial charge in [0.25, 0.3) is 0 Å². The third kappa shape index (κ3) is 3.57. The Labute approximate surface area is 92.6 Å². The highest BCUT2D eigenvalue weighted by atomic mass is 79.9. The van der Waals surface area contributed by atoms with E-state index in [0.717, 1.165) is 15.1 Å². The molecule has 0 spiro atoms. The Balaban J connectivity index is 2.61. The second-order valence-electron chi connectivity index (χ2n) is 2.78. The quantitative estimate of drug-likeness (QED) is 0.761. The predicted octanol–water partition coefficient (Wildman–Crippen LogP) is 4.56. The van der Waals surface area contributed by atoms with Gasteiger partial charge in [0.05, 0.1) is 0 Å². The van der Waals surface area contributed by atoms with Gasteiger partial charge >= 0.3 is 0 Å². The van der Waals surface area contributed by atoms with Gasteiger partial charge in [-0.25, -0.2) is 0 Å². The number of rotatable bonds is 4. The molecular formula is C11H13BrS. The summed E-state index contributed by atoms with van der Waals surface area (Å²) < 4.78 is 1.12. The molecule has 0 amide bonds. The van der Waals surface area contributed by atoms with Crippen LogP contribution in [0.4, 0.5) is 0 Å². The predicted molar refractivity (Wildman–Crippen MR) is 65.9 cm³/mol. The summed E-state index contributed by atoms with van der Waals surface area (Å²) in [5, 5.41) is 0. The van der Waals surface area contributed by atoms with Crippen LogP contribution in [0, 0.1) is 0 Å². The van der Waals surface area contributed by atoms with Crippen LogP contribution in [0.2, 0.25) is 0 Å². The van der Waals surface area contributed by atoms with Crippen molar-refractivity contribution in [2.75, 3.05) is 5.75 Å². The lowest BCUT2D eigenvalue weighted by molar-refractivity contribution is 1.11. The summed E-state index contributed by atoms with van der Waals surface area (Å²) in [7, 11) is 0. The van der Waals surface area contributed by atoms with E-state index in [0.29, 0.717) is 0 Å². The molecule has 1 aromatic rings. The van der Waals surface area contributed by atoms with Gasteiger partial charge in [-0.3, -0.25) is 0 Å². The van der Waals surface area contributed by atoms with Gasteiger partial charge in [-0.05, 0) is 29.9 Å². The summed E-state index contributed by atoms with van der Waals surface area (Å²) in [4.78, 5) is 1.16. The fourth-order valence-corrected chi connectivity index (χ4v) is 1.96. The molecule has 0 heterocycles. The van der Waals surface area contributed by atoms with Crippen LogP contribution in [-0.2, 0) is 0 Å². The summed E-state index contributed by atoms with van der Waals surface area (Å²) in [6, 6.07) is 8.28. The molecule has 2 heteroatoms. The second kappa shape index (κ2) is 5.51. The molecule has 0 N–H and O–H groups in total. The van der Waals surface area contributed by atoms with E-state index in [1.165, 1.54) is 12.0 Å². The third-order valence-corrected chi connectivity index (χ3v) is 3.37. The second-order valence-corrected chi connectivity index (χ2v) is 4.88. The van der Waals surface area contributed by atoms with Crippen molar-refractivity contribution in [3.63, 3.8) is 0 Å². The van der Waals surface area contributed by atoms with Crippen LogP contribution in [0.3, 0.4) is 0 Å². The summed E-state index contributed by atoms with van der Waals surface area (Å²) in [5.41, 5.74) is 1.22. The van der Waals surface area contributed by atoms with Gasteiger partial charge in [0.1, 0.15) is 0 Å². The molecule has 0 nitrogen and oxygen atoms in total. The summed E-state index contributed by atoms with van der Waals surface area (Å²) >= 11 is 5.24. The maximum absolute atomic E-state index is 4.04. The van der Waals surface area contributed by atoms with Gasteiger partial charge in [0.15, 0.2) is 0 Å². The van der Waals surface area contributed by atoms with Crippen molar-refractivity contribution < 1.29 is 0 Å². The number of halogens is 1. The van der Waals surface area contributed by atoms with E-state index in [1.807, 2.05) is 23.9 Å². The molecule has 0 aromatic heterocycles. The van der Waals surface area contributed by atoms with Crippen molar-refractivity contribution in [1.82, 2.24) is 0 Å². The molecule has 0 atom stereocenters. The average molecular weight is 257 g/mol. The van der Waals surface area contributed by atoms with Crippen LogP contribution in [-0.4, -0.2) is 5.75 Å². The Morgan fingerprint density at radius 1 is 1.38 bits per heavy atom. The Kier molecular flexibility index (Phi) is 4.60. The van der Waals surface area contributed by atoms with Gasteiger partial charge < -0.3 is 0 Å². The van der Waals surface area contributed by atoms with Crippen LogP contribution < -0.4 is 0 Å². The maximum Gasteiger partial charge on any atom is 0.0175 e. The first kappa shape index (κ1) is 10.9. The first-order valence-electron chi connectivity index (χ1n) is 4.31. The minimum Gasteiger partial charge on any atom is -0.126 e. The van der Waals surface area contributed by atoms with Gasteiger partial charge in [-0.1, -0.05) is 41.6 Å². The Hall–Kier alpha value is -0.210. The van der Waals surface area contributed by atoms with Crippen molar-refractivity contribution >= 4 is 32.6 Å². The van der Waals surface area contributed by atoms with Crippen LogP contribution in [0.1, 0.15) is 18.9 Å². The standard InChI is InChI=1S/C11H13BrS/c1-3-8-13-9(2)10-4-6-11(12)7-5-10/h4-7H,2-3,8H2,1H3. The molecule has 13 heavy (non-hydrogen) atoms. The van der Waals surface area contributed by atoms with Crippen LogP contribution in [0.15, 0.2) is 35.3 Å². The molecule has 0 saturated heterocycles. The van der Waals surface area contributed by atoms with Crippen molar-refractivity contribution in [3.05, 3.63) is 40.9 Å². The number of hydrogen-bond donors (Lipinski definition) is 0. The van der Waals surface area contributed by atoms with Gasteiger partial charge in [0, 0.05) is 9.38 Å². The van der Waals surface area contributed by atoms with Gasteiger partial charge in [-0.15, -0.1) is 11.8 Å². The monoisotopic (exact) mass is 256 g/mol. The van der Waals surface area contributed by atoms with E-state index in [4.69, 9.17) is 0 Å². The minimum atomic E-state index is 1.12. The maximum atomic E-state index is 4.04. The molecule has 0 saturated carbocycles. The Morgan fingerprint density at radius 2 is 2.00 bits per heavy atom. The fourth-order valence-electron chi connectivity index (χ4n) is 0.944. The first-order valence-corrected chi connectivity index (χ1v) is 6.09. The molecule has 0 fully saturated rings. The Morgan fingerprint density at radius 3 is 2.54 bits per heavy atom. The highest BCUT2D eigenvalue weighted by molar-refractivity contribution is 9.10. The molecule has 0 bridgehead atoms. The molecule has 0 aliphatic rings. The molecule has 1 rings (SSSR count). The van der Waals surface area contributed by atoms with E-state index in [9.17, 15) is 0 Å². The van der Waals surface area contributed by atoms with E-state index in [-0.39, 0.29) is 0 Å². The molecule has 0 unspecified atom stereocenters. The van der Waals surface area contributed by atoms with Gasteiger partial charge in [0.2, 0.25) is 0 Å². The normalized spacial score (nSPS) is 10.0. The fraction of sp³-hybridized carbons (Fsp3) is 0.273. The summed E-state index contributed by atoms with van der Waals surface area (Å²) in [6.07, 6.45) is 1.19. The van der Waals surface area contributed by atoms with Crippen molar-refractivity contribution in [3.8, 4) is 0 Å². The lowest BCUT2D eigenvalue weighted by Crippen LogP contribution is -1.80. The summed E-state index contributed by atoms with van der Waals surface area (Å²) in [5.74, 6) is 1.15. The van der Waals surface area contributed by atoms with Crippen molar-refractivity contribution in [1.29, 1.82) is 0 Å². The van der Waals surface area contributed by atoms with Crippen molar-refractivity contribution in [2.45, 2.75) is 13.3 Å². The number of thioether (sulfide) groups is 1. The minimum absolute atomic E-state index is 1.12. The summed E-state index contributed by atoms with van der Waals surface area (Å²) in [6.45, 7) is 6.22. The highest BCUT2D eigenvalue weighted by Crippen LogP contribution is 2.26. The molecule has 0 aliphatic carbocycles. The zero-order chi connectivity index (χ0) is 9.68. The lowest BCUT2D eigenvalue weighted by Gasteiger charge is -2.04. The molecule has 70 valence electrons. The van der Waals surface area contributed by atoms with Crippen LogP contribution in [0.5, 0.6) is 0 Å². The molecule has 0 aliphatic heterocycles. The lowest BCUT2D eigenvalue weighted by atomic mass is 10.2. The third-order valence-electron chi connectivity index (χ3n) is 1.65. The van der Waals surface area contributed by atoms with Crippen LogP contribution in [0.25, 0.3) is 4.91 Å². The zero-order valence-corrected chi connectivity index (χ0v) is 10.1. The van der Waals surface area contributed by atoms with E-state index in [1.54, 1.807) is 0 Å². The van der Waals surface area contributed by atoms with Gasteiger partial charge in [-0.2, -0.15) is 0 Å². The largest absolute Gasteiger partial charge is 0.126 e. The number of benzene rings is 1. The topological polar surface area (TPSA) is 0 Å². The van der Waals surface area contributed by atoms with Crippen molar-refractivity contribution in [2.24, 2.45) is 0 Å². The smallest absolute Gasteiger partial charge is 0.0175 e. The molecule has 1 aromatic carbocycles. The van der Waals surface area contributed by atoms with E-state index >= 15 is 0 Å². The van der Waals surface area contributed by atoms with Crippen LogP contribution >= 0.6 is 27.7 Å². The van der Waals surface area contributed by atoms with E-state index < -0.39 is 0 Å². The Bertz CT molecular complexity index is 277. The SMILES string of the molecule is C=C(SCCC)c1ccc(Br)cc1. The average Bonchev–Trinajstić information content (AvgIpc) is 2.15. The zero-order valence-electron chi connectivity index (χ0n) is 7.72.